The molecule has 0 radical (unpaired) electrons. The molecule has 27 heavy (non-hydrogen) atoms. The summed E-state index contributed by atoms with van der Waals surface area (Å²) in [5.41, 5.74) is 0.373. The highest BCUT2D eigenvalue weighted by Gasteiger charge is 2.29. The normalized spacial score (nSPS) is 21.1. The first kappa shape index (κ1) is 21.5. The lowest BCUT2D eigenvalue weighted by atomic mass is 9.78. The average Bonchev–Trinajstić information content (AvgIpc) is 2.66. The highest BCUT2D eigenvalue weighted by molar-refractivity contribution is 5.24. The van der Waals surface area contributed by atoms with Crippen molar-refractivity contribution in [2.75, 3.05) is 0 Å². The van der Waals surface area contributed by atoms with E-state index >= 15 is 0 Å². The Balaban J connectivity index is 1.59. The zero-order valence-corrected chi connectivity index (χ0v) is 15.6. The predicted molar refractivity (Wildman–Crippen MR) is 98.5 cm³/mol. The van der Waals surface area contributed by atoms with Crippen LogP contribution < -0.4 is 0 Å². The number of aryl methyl sites for hydroxylation is 1. The third kappa shape index (κ3) is 7.74. The molecule has 1 aromatic rings. The minimum atomic E-state index is -4.27. The van der Waals surface area contributed by atoms with E-state index in [9.17, 15) is 17.6 Å². The van der Waals surface area contributed by atoms with Crippen LogP contribution in [0.4, 0.5) is 17.6 Å². The van der Waals surface area contributed by atoms with Gasteiger partial charge in [-0.15, -0.1) is 0 Å². The summed E-state index contributed by atoms with van der Waals surface area (Å²) < 4.78 is 50.4. The fraction of sp³-hybridized carbons (Fsp3) is 0.591. The van der Waals surface area contributed by atoms with E-state index in [1.165, 1.54) is 44.2 Å². The summed E-state index contributed by atoms with van der Waals surface area (Å²) in [6.45, 7) is 0. The van der Waals surface area contributed by atoms with Crippen LogP contribution in [0.2, 0.25) is 0 Å². The monoisotopic (exact) mass is 381 g/mol. The molecule has 0 spiro atoms. The first-order valence-electron chi connectivity index (χ1n) is 9.80. The van der Waals surface area contributed by atoms with Gasteiger partial charge in [-0.1, -0.05) is 50.7 Å². The molecular weight excluding hydrogens is 354 g/mol. The molecule has 1 aliphatic rings. The molecule has 0 aromatic heterocycles. The van der Waals surface area contributed by atoms with Gasteiger partial charge >= 0.3 is 6.18 Å². The molecule has 1 aliphatic carbocycles. The molecule has 0 heterocycles. The van der Waals surface area contributed by atoms with E-state index in [1.54, 1.807) is 12.1 Å². The first-order chi connectivity index (χ1) is 12.9. The number of rotatable bonds is 8. The van der Waals surface area contributed by atoms with Gasteiger partial charge in [-0.05, 0) is 61.3 Å². The maximum Gasteiger partial charge on any atom is 0.416 e. The van der Waals surface area contributed by atoms with Crippen molar-refractivity contribution in [3.63, 3.8) is 0 Å². The van der Waals surface area contributed by atoms with Crippen LogP contribution in [-0.4, -0.2) is 0 Å². The number of nitriles is 1. The third-order valence-corrected chi connectivity index (χ3v) is 5.58. The molecule has 2 rings (SSSR count). The number of nitrogens with zero attached hydrogens (tertiary/aromatic N) is 1. The summed E-state index contributed by atoms with van der Waals surface area (Å²) in [6, 6.07) is 6.99. The van der Waals surface area contributed by atoms with E-state index in [0.29, 0.717) is 12.3 Å². The maximum absolute atomic E-state index is 12.8. The Morgan fingerprint density at radius 3 is 2.15 bits per heavy atom. The van der Waals surface area contributed by atoms with Crippen molar-refractivity contribution >= 4 is 0 Å². The van der Waals surface area contributed by atoms with Crippen molar-refractivity contribution in [1.29, 1.82) is 5.26 Å². The van der Waals surface area contributed by atoms with Crippen LogP contribution in [0.3, 0.4) is 0 Å². The van der Waals surface area contributed by atoms with Crippen LogP contribution in [0.5, 0.6) is 0 Å². The van der Waals surface area contributed by atoms with Crippen molar-refractivity contribution in [2.45, 2.75) is 70.4 Å². The Labute approximate surface area is 159 Å². The fourth-order valence-corrected chi connectivity index (χ4v) is 3.92. The SMILES string of the molecule is N#C/C(F)=C/CCC1CCC(CCCCc2ccc(C(F)(F)F)cc2)CC1. The van der Waals surface area contributed by atoms with Crippen LogP contribution in [0, 0.1) is 23.2 Å². The Bertz CT molecular complexity index is 632. The van der Waals surface area contributed by atoms with Gasteiger partial charge < -0.3 is 0 Å². The van der Waals surface area contributed by atoms with Crippen LogP contribution in [-0.2, 0) is 12.6 Å². The number of hydrogen-bond donors (Lipinski definition) is 0. The maximum atomic E-state index is 12.8. The smallest absolute Gasteiger partial charge is 0.195 e. The zero-order valence-electron chi connectivity index (χ0n) is 15.6. The van der Waals surface area contributed by atoms with Crippen molar-refractivity contribution in [1.82, 2.24) is 0 Å². The summed E-state index contributed by atoms with van der Waals surface area (Å²) >= 11 is 0. The molecule has 0 saturated heterocycles. The van der Waals surface area contributed by atoms with E-state index in [-0.39, 0.29) is 0 Å². The van der Waals surface area contributed by atoms with Crippen LogP contribution in [0.15, 0.2) is 36.2 Å². The summed E-state index contributed by atoms with van der Waals surface area (Å²) in [4.78, 5) is 0. The minimum absolute atomic E-state index is 0.589. The molecule has 5 heteroatoms. The predicted octanol–water partition coefficient (Wildman–Crippen LogP) is 7.38. The van der Waals surface area contributed by atoms with E-state index in [0.717, 1.165) is 49.3 Å². The number of halogens is 4. The molecule has 0 aliphatic heterocycles. The molecule has 0 bridgehead atoms. The second kappa shape index (κ2) is 10.5. The van der Waals surface area contributed by atoms with Crippen LogP contribution in [0.1, 0.15) is 68.9 Å². The number of unbranched alkanes of at least 4 members (excludes halogenated alkanes) is 1. The molecule has 1 saturated carbocycles. The summed E-state index contributed by atoms with van der Waals surface area (Å²) in [7, 11) is 0. The molecule has 1 aromatic carbocycles. The highest BCUT2D eigenvalue weighted by atomic mass is 19.4. The molecule has 0 unspecified atom stereocenters. The second-order valence-electron chi connectivity index (χ2n) is 7.57. The number of allylic oxidation sites excluding steroid dienone is 2. The Morgan fingerprint density at radius 2 is 1.59 bits per heavy atom. The van der Waals surface area contributed by atoms with E-state index in [1.807, 2.05) is 0 Å². The summed E-state index contributed by atoms with van der Waals surface area (Å²) in [5.74, 6) is 0.688. The van der Waals surface area contributed by atoms with E-state index < -0.39 is 17.6 Å². The Morgan fingerprint density at radius 1 is 1.00 bits per heavy atom. The lowest BCUT2D eigenvalue weighted by Gasteiger charge is -2.28. The van der Waals surface area contributed by atoms with Crippen molar-refractivity contribution in [3.8, 4) is 6.07 Å². The molecule has 1 nitrogen and oxygen atoms in total. The third-order valence-electron chi connectivity index (χ3n) is 5.58. The van der Waals surface area contributed by atoms with E-state index in [4.69, 9.17) is 5.26 Å². The quantitative estimate of drug-likeness (QED) is 0.262. The molecule has 148 valence electrons. The van der Waals surface area contributed by atoms with Crippen molar-refractivity contribution in [2.24, 2.45) is 11.8 Å². The van der Waals surface area contributed by atoms with Gasteiger partial charge in [0.2, 0.25) is 0 Å². The van der Waals surface area contributed by atoms with Crippen molar-refractivity contribution < 1.29 is 17.6 Å². The summed E-state index contributed by atoms with van der Waals surface area (Å²) in [6.07, 6.45) is 7.57. The van der Waals surface area contributed by atoms with Gasteiger partial charge in [0, 0.05) is 0 Å². The first-order valence-corrected chi connectivity index (χ1v) is 9.80. The fourth-order valence-electron chi connectivity index (χ4n) is 3.92. The van der Waals surface area contributed by atoms with Crippen LogP contribution >= 0.6 is 0 Å². The molecular formula is C22H27F4N. The molecule has 0 N–H and O–H groups in total. The van der Waals surface area contributed by atoms with Crippen LogP contribution in [0.25, 0.3) is 0 Å². The number of hydrogen-bond acceptors (Lipinski definition) is 1. The standard InChI is InChI=1S/C22H27F4N/c23-21(16-27)7-3-6-19-10-8-17(9-11-19)4-1-2-5-18-12-14-20(15-13-18)22(24,25)26/h7,12-15,17,19H,1-6,8-11H2/b21-7-. The number of benzene rings is 1. The van der Waals surface area contributed by atoms with Gasteiger partial charge in [0.05, 0.1) is 5.56 Å². The highest BCUT2D eigenvalue weighted by Crippen LogP contribution is 2.34. The van der Waals surface area contributed by atoms with Gasteiger partial charge in [0.25, 0.3) is 0 Å². The Kier molecular flexibility index (Phi) is 8.34. The van der Waals surface area contributed by atoms with Crippen molar-refractivity contribution in [3.05, 3.63) is 47.3 Å². The number of alkyl halides is 3. The van der Waals surface area contributed by atoms with Gasteiger partial charge in [-0.3, -0.25) is 0 Å². The van der Waals surface area contributed by atoms with Gasteiger partial charge in [0.1, 0.15) is 6.07 Å². The van der Waals surface area contributed by atoms with Gasteiger partial charge in [0.15, 0.2) is 5.83 Å². The molecule has 0 atom stereocenters. The molecule has 0 amide bonds. The lowest BCUT2D eigenvalue weighted by molar-refractivity contribution is -0.137. The average molecular weight is 381 g/mol. The van der Waals surface area contributed by atoms with Gasteiger partial charge in [-0.2, -0.15) is 22.8 Å². The minimum Gasteiger partial charge on any atom is -0.195 e. The zero-order chi connectivity index (χ0) is 19.7. The van der Waals surface area contributed by atoms with E-state index in [2.05, 4.69) is 0 Å². The largest absolute Gasteiger partial charge is 0.416 e. The summed E-state index contributed by atoms with van der Waals surface area (Å²) in [5, 5.41) is 8.39. The topological polar surface area (TPSA) is 23.8 Å². The molecule has 1 fully saturated rings. The Hall–Kier alpha value is -1.83. The second-order valence-corrected chi connectivity index (χ2v) is 7.57. The lowest BCUT2D eigenvalue weighted by Crippen LogP contribution is -2.14. The van der Waals surface area contributed by atoms with Gasteiger partial charge in [-0.25, -0.2) is 0 Å².